The van der Waals surface area contributed by atoms with Gasteiger partial charge in [-0.2, -0.15) is 0 Å². The Balaban J connectivity index is 1.87. The zero-order valence-electron chi connectivity index (χ0n) is 10.3. The highest BCUT2D eigenvalue weighted by Crippen LogP contribution is 2.67. The number of rotatable bonds is 2. The second kappa shape index (κ2) is 3.02. The van der Waals surface area contributed by atoms with Crippen molar-refractivity contribution in [2.75, 3.05) is 0 Å². The molecule has 0 aliphatic heterocycles. The summed E-state index contributed by atoms with van der Waals surface area (Å²) in [5.41, 5.74) is 0.0916. The van der Waals surface area contributed by atoms with Gasteiger partial charge in [0.25, 0.3) is 0 Å². The molecule has 0 amide bonds. The average molecular weight is 222 g/mol. The quantitative estimate of drug-likeness (QED) is 0.778. The van der Waals surface area contributed by atoms with Crippen LogP contribution in [0, 0.1) is 28.6 Å². The van der Waals surface area contributed by atoms with Gasteiger partial charge in [0.2, 0.25) is 0 Å². The van der Waals surface area contributed by atoms with Gasteiger partial charge in [-0.3, -0.25) is 4.79 Å². The average Bonchev–Trinajstić information content (AvgIpc) is 2.15. The zero-order chi connectivity index (χ0) is 11.6. The maximum absolute atomic E-state index is 11.6. The summed E-state index contributed by atoms with van der Waals surface area (Å²) in [6.07, 6.45) is 6.73. The fraction of sp³-hybridized carbons (Fsp3) is 0.929. The van der Waals surface area contributed by atoms with Gasteiger partial charge in [-0.05, 0) is 55.3 Å². The Morgan fingerprint density at radius 2 is 1.88 bits per heavy atom. The van der Waals surface area contributed by atoms with Crippen molar-refractivity contribution < 1.29 is 9.90 Å². The van der Waals surface area contributed by atoms with Crippen molar-refractivity contribution in [3.63, 3.8) is 0 Å². The van der Waals surface area contributed by atoms with E-state index in [1.54, 1.807) is 0 Å². The molecule has 0 aromatic rings. The van der Waals surface area contributed by atoms with Crippen LogP contribution < -0.4 is 0 Å². The largest absolute Gasteiger partial charge is 0.481 e. The first-order chi connectivity index (χ1) is 7.48. The number of carboxylic acids is 1. The molecule has 0 heterocycles. The SMILES string of the molecule is CC1(C)C2CCC(C3(C(=O)O)CCC3)C1C2. The highest BCUT2D eigenvalue weighted by Gasteiger charge is 2.62. The molecule has 2 nitrogen and oxygen atoms in total. The van der Waals surface area contributed by atoms with Crippen LogP contribution >= 0.6 is 0 Å². The van der Waals surface area contributed by atoms with E-state index in [-0.39, 0.29) is 5.41 Å². The van der Waals surface area contributed by atoms with Crippen LogP contribution in [0.3, 0.4) is 0 Å². The van der Waals surface area contributed by atoms with Gasteiger partial charge in [0.05, 0.1) is 5.41 Å². The van der Waals surface area contributed by atoms with E-state index in [4.69, 9.17) is 0 Å². The number of hydrogen-bond acceptors (Lipinski definition) is 1. The summed E-state index contributed by atoms with van der Waals surface area (Å²) in [4.78, 5) is 11.6. The number of carbonyl (C=O) groups is 1. The molecule has 16 heavy (non-hydrogen) atoms. The first kappa shape index (κ1) is 10.6. The highest BCUT2D eigenvalue weighted by atomic mass is 16.4. The lowest BCUT2D eigenvalue weighted by molar-refractivity contribution is -0.189. The normalized spacial score (nSPS) is 43.0. The molecule has 0 radical (unpaired) electrons. The van der Waals surface area contributed by atoms with E-state index in [9.17, 15) is 9.90 Å². The molecule has 2 heteroatoms. The smallest absolute Gasteiger partial charge is 0.309 e. The molecular weight excluding hydrogens is 200 g/mol. The Bertz CT molecular complexity index is 326. The summed E-state index contributed by atoms with van der Waals surface area (Å²) in [7, 11) is 0. The number of aliphatic carboxylic acids is 1. The molecule has 0 spiro atoms. The summed E-state index contributed by atoms with van der Waals surface area (Å²) >= 11 is 0. The fourth-order valence-corrected chi connectivity index (χ4v) is 4.77. The van der Waals surface area contributed by atoms with Crippen molar-refractivity contribution in [3.05, 3.63) is 0 Å². The van der Waals surface area contributed by atoms with Gasteiger partial charge < -0.3 is 5.11 Å². The molecule has 4 saturated carbocycles. The Hall–Kier alpha value is -0.530. The fourth-order valence-electron chi connectivity index (χ4n) is 4.77. The molecule has 4 aliphatic carbocycles. The second-order valence-electron chi connectivity index (χ2n) is 6.86. The van der Waals surface area contributed by atoms with Crippen LogP contribution in [0.4, 0.5) is 0 Å². The van der Waals surface area contributed by atoms with Gasteiger partial charge in [0.15, 0.2) is 0 Å². The molecule has 4 fully saturated rings. The standard InChI is InChI=1S/C14H22O2/c1-13(2)9-4-5-10(11(13)8-9)14(12(15)16)6-3-7-14/h9-11H,3-8H2,1-2H3,(H,15,16). The predicted octanol–water partition coefficient (Wildman–Crippen LogP) is 3.31. The minimum absolute atomic E-state index is 0.326. The first-order valence-electron chi connectivity index (χ1n) is 6.72. The molecule has 90 valence electrons. The first-order valence-corrected chi connectivity index (χ1v) is 6.72. The lowest BCUT2D eigenvalue weighted by atomic mass is 9.40. The summed E-state index contributed by atoms with van der Waals surface area (Å²) in [5.74, 6) is 1.52. The second-order valence-corrected chi connectivity index (χ2v) is 6.86. The zero-order valence-corrected chi connectivity index (χ0v) is 10.3. The summed E-state index contributed by atoms with van der Waals surface area (Å²) < 4.78 is 0. The Kier molecular flexibility index (Phi) is 2.01. The molecular formula is C14H22O2. The number of hydrogen-bond donors (Lipinski definition) is 1. The maximum atomic E-state index is 11.6. The van der Waals surface area contributed by atoms with Crippen LogP contribution in [-0.4, -0.2) is 11.1 Å². The molecule has 0 aromatic heterocycles. The van der Waals surface area contributed by atoms with Crippen molar-refractivity contribution >= 4 is 5.97 Å². The number of fused-ring (bicyclic) bond motifs is 2. The highest BCUT2D eigenvalue weighted by molar-refractivity contribution is 5.76. The predicted molar refractivity (Wildman–Crippen MR) is 62.0 cm³/mol. The summed E-state index contributed by atoms with van der Waals surface area (Å²) in [6.45, 7) is 4.71. The van der Waals surface area contributed by atoms with Crippen molar-refractivity contribution in [1.29, 1.82) is 0 Å². The molecule has 0 saturated heterocycles. The van der Waals surface area contributed by atoms with Gasteiger partial charge in [0.1, 0.15) is 0 Å². The topological polar surface area (TPSA) is 37.3 Å². The molecule has 1 N–H and O–H groups in total. The van der Waals surface area contributed by atoms with E-state index in [2.05, 4.69) is 13.8 Å². The van der Waals surface area contributed by atoms with E-state index in [0.29, 0.717) is 17.3 Å². The van der Waals surface area contributed by atoms with Crippen molar-refractivity contribution in [2.24, 2.45) is 28.6 Å². The van der Waals surface area contributed by atoms with Crippen molar-refractivity contribution in [3.8, 4) is 0 Å². The van der Waals surface area contributed by atoms with Crippen molar-refractivity contribution in [2.45, 2.75) is 52.4 Å². The summed E-state index contributed by atoms with van der Waals surface area (Å²) in [5, 5.41) is 9.54. The Morgan fingerprint density at radius 3 is 2.25 bits per heavy atom. The third-order valence-electron chi connectivity index (χ3n) is 6.24. The Labute approximate surface area is 97.4 Å². The van der Waals surface area contributed by atoms with Crippen LogP contribution in [0.15, 0.2) is 0 Å². The van der Waals surface area contributed by atoms with Crippen LogP contribution in [0.25, 0.3) is 0 Å². The van der Waals surface area contributed by atoms with Gasteiger partial charge in [0, 0.05) is 0 Å². The lowest BCUT2D eigenvalue weighted by Crippen LogP contribution is -2.59. The summed E-state index contributed by atoms with van der Waals surface area (Å²) in [6, 6.07) is 0. The van der Waals surface area contributed by atoms with Crippen LogP contribution in [0.5, 0.6) is 0 Å². The lowest BCUT2D eigenvalue weighted by Gasteiger charge is -2.64. The van der Waals surface area contributed by atoms with Crippen LogP contribution in [0.2, 0.25) is 0 Å². The minimum Gasteiger partial charge on any atom is -0.481 e. The van der Waals surface area contributed by atoms with E-state index in [1.165, 1.54) is 19.3 Å². The molecule has 3 unspecified atom stereocenters. The molecule has 2 bridgehead atoms. The van der Waals surface area contributed by atoms with Gasteiger partial charge in [-0.25, -0.2) is 0 Å². The minimum atomic E-state index is -0.509. The maximum Gasteiger partial charge on any atom is 0.309 e. The number of carboxylic acid groups (broad SMARTS) is 1. The van der Waals surface area contributed by atoms with Crippen LogP contribution in [0.1, 0.15) is 52.4 Å². The van der Waals surface area contributed by atoms with E-state index in [1.807, 2.05) is 0 Å². The molecule has 4 aliphatic rings. The van der Waals surface area contributed by atoms with E-state index < -0.39 is 5.97 Å². The van der Waals surface area contributed by atoms with Gasteiger partial charge in [-0.15, -0.1) is 0 Å². The monoisotopic (exact) mass is 222 g/mol. The Morgan fingerprint density at radius 1 is 1.19 bits per heavy atom. The third-order valence-corrected chi connectivity index (χ3v) is 6.24. The van der Waals surface area contributed by atoms with Gasteiger partial charge >= 0.3 is 5.97 Å². The van der Waals surface area contributed by atoms with E-state index in [0.717, 1.165) is 25.2 Å². The van der Waals surface area contributed by atoms with Crippen molar-refractivity contribution in [1.82, 2.24) is 0 Å². The molecule has 4 rings (SSSR count). The third kappa shape index (κ3) is 1.06. The molecule has 3 atom stereocenters. The molecule has 0 aromatic carbocycles. The van der Waals surface area contributed by atoms with Crippen LogP contribution in [-0.2, 0) is 4.79 Å². The van der Waals surface area contributed by atoms with E-state index >= 15 is 0 Å². The van der Waals surface area contributed by atoms with Gasteiger partial charge in [-0.1, -0.05) is 20.3 Å².